The van der Waals surface area contributed by atoms with Gasteiger partial charge in [0.05, 0.1) is 51.8 Å². The first-order chi connectivity index (χ1) is 11.8. The molecule has 0 bridgehead atoms. The van der Waals surface area contributed by atoms with Crippen LogP contribution in [-0.2, 0) is 18.9 Å². The SMILES string of the molecule is CCC1OCC1COCCSCCSCCOCC1COC1CC. The molecule has 4 nitrogen and oxygen atoms in total. The molecule has 2 saturated heterocycles. The third-order valence-corrected chi connectivity index (χ3v) is 6.84. The molecule has 142 valence electrons. The van der Waals surface area contributed by atoms with Gasteiger partial charge in [0.15, 0.2) is 0 Å². The third kappa shape index (κ3) is 7.42. The molecular formula is C18H34O4S2. The Morgan fingerprint density at radius 3 is 1.54 bits per heavy atom. The quantitative estimate of drug-likeness (QED) is 0.407. The van der Waals surface area contributed by atoms with Crippen LogP contribution in [-0.4, -0.2) is 74.9 Å². The Hall–Kier alpha value is 0.540. The summed E-state index contributed by atoms with van der Waals surface area (Å²) in [5.74, 6) is 5.87. The fraction of sp³-hybridized carbons (Fsp3) is 1.00. The maximum atomic E-state index is 5.75. The minimum Gasteiger partial charge on any atom is -0.380 e. The molecule has 2 heterocycles. The molecular weight excluding hydrogens is 344 g/mol. The zero-order valence-electron chi connectivity index (χ0n) is 15.2. The lowest BCUT2D eigenvalue weighted by molar-refractivity contribution is -0.139. The highest BCUT2D eigenvalue weighted by Crippen LogP contribution is 2.24. The Morgan fingerprint density at radius 2 is 1.21 bits per heavy atom. The second-order valence-electron chi connectivity index (χ2n) is 6.45. The number of rotatable bonds is 15. The molecule has 0 radical (unpaired) electrons. The molecule has 4 atom stereocenters. The predicted molar refractivity (Wildman–Crippen MR) is 103 cm³/mol. The number of ether oxygens (including phenoxy) is 4. The molecule has 2 fully saturated rings. The summed E-state index contributed by atoms with van der Waals surface area (Å²) >= 11 is 3.97. The molecule has 0 saturated carbocycles. The van der Waals surface area contributed by atoms with Crippen molar-refractivity contribution in [3.63, 3.8) is 0 Å². The van der Waals surface area contributed by atoms with Crippen molar-refractivity contribution >= 4 is 23.5 Å². The van der Waals surface area contributed by atoms with Crippen LogP contribution in [0.5, 0.6) is 0 Å². The Bertz CT molecular complexity index is 285. The monoisotopic (exact) mass is 378 g/mol. The predicted octanol–water partition coefficient (Wildman–Crippen LogP) is 3.34. The van der Waals surface area contributed by atoms with Crippen LogP contribution in [0.4, 0.5) is 0 Å². The van der Waals surface area contributed by atoms with Crippen molar-refractivity contribution in [2.24, 2.45) is 11.8 Å². The van der Waals surface area contributed by atoms with Gasteiger partial charge in [-0.1, -0.05) is 13.8 Å². The third-order valence-electron chi connectivity index (χ3n) is 4.68. The molecule has 0 aromatic rings. The Balaban J connectivity index is 1.25. The van der Waals surface area contributed by atoms with Gasteiger partial charge in [-0.2, -0.15) is 23.5 Å². The van der Waals surface area contributed by atoms with E-state index in [1.165, 1.54) is 11.5 Å². The van der Waals surface area contributed by atoms with Gasteiger partial charge in [0.1, 0.15) is 0 Å². The van der Waals surface area contributed by atoms with Gasteiger partial charge in [-0.3, -0.25) is 0 Å². The van der Waals surface area contributed by atoms with Gasteiger partial charge in [0, 0.05) is 34.8 Å². The fourth-order valence-electron chi connectivity index (χ4n) is 2.98. The van der Waals surface area contributed by atoms with Crippen molar-refractivity contribution in [3.05, 3.63) is 0 Å². The molecule has 0 amide bonds. The first-order valence-corrected chi connectivity index (χ1v) is 11.7. The molecule has 0 aromatic carbocycles. The lowest BCUT2D eigenvalue weighted by Crippen LogP contribution is -2.42. The van der Waals surface area contributed by atoms with E-state index in [1.807, 2.05) is 23.5 Å². The van der Waals surface area contributed by atoms with Crippen LogP contribution in [0.15, 0.2) is 0 Å². The molecule has 6 heteroatoms. The minimum absolute atomic E-state index is 0.445. The number of hydrogen-bond donors (Lipinski definition) is 0. The number of thioether (sulfide) groups is 2. The van der Waals surface area contributed by atoms with E-state index in [9.17, 15) is 0 Å². The van der Waals surface area contributed by atoms with E-state index in [1.54, 1.807) is 0 Å². The van der Waals surface area contributed by atoms with Crippen LogP contribution in [0.2, 0.25) is 0 Å². The van der Waals surface area contributed by atoms with Crippen molar-refractivity contribution < 1.29 is 18.9 Å². The van der Waals surface area contributed by atoms with Crippen molar-refractivity contribution in [1.82, 2.24) is 0 Å². The second-order valence-corrected chi connectivity index (χ2v) is 8.90. The molecule has 2 aliphatic rings. The van der Waals surface area contributed by atoms with E-state index < -0.39 is 0 Å². The van der Waals surface area contributed by atoms with Crippen molar-refractivity contribution in [3.8, 4) is 0 Å². The Labute approximate surface area is 156 Å². The summed E-state index contributed by atoms with van der Waals surface area (Å²) in [6.45, 7) is 9.61. The van der Waals surface area contributed by atoms with Gasteiger partial charge in [0.2, 0.25) is 0 Å². The molecule has 0 aliphatic carbocycles. The maximum Gasteiger partial charge on any atom is 0.0645 e. The van der Waals surface area contributed by atoms with E-state index >= 15 is 0 Å². The molecule has 24 heavy (non-hydrogen) atoms. The maximum absolute atomic E-state index is 5.75. The summed E-state index contributed by atoms with van der Waals surface area (Å²) in [6.07, 6.45) is 3.11. The molecule has 0 aromatic heterocycles. The highest BCUT2D eigenvalue weighted by molar-refractivity contribution is 8.02. The number of hydrogen-bond acceptors (Lipinski definition) is 6. The fourth-order valence-corrected chi connectivity index (χ4v) is 4.80. The molecule has 4 unspecified atom stereocenters. The zero-order valence-corrected chi connectivity index (χ0v) is 16.9. The van der Waals surface area contributed by atoms with Crippen LogP contribution >= 0.6 is 23.5 Å². The van der Waals surface area contributed by atoms with Crippen LogP contribution < -0.4 is 0 Å². The van der Waals surface area contributed by atoms with Crippen molar-refractivity contribution in [2.75, 3.05) is 62.7 Å². The van der Waals surface area contributed by atoms with Gasteiger partial charge in [-0.05, 0) is 12.8 Å². The zero-order chi connectivity index (χ0) is 17.0. The summed E-state index contributed by atoms with van der Waals surface area (Å²) in [6, 6.07) is 0. The molecule has 0 spiro atoms. The van der Waals surface area contributed by atoms with Gasteiger partial charge in [-0.25, -0.2) is 0 Å². The first kappa shape index (κ1) is 20.8. The highest BCUT2D eigenvalue weighted by atomic mass is 32.2. The van der Waals surface area contributed by atoms with Gasteiger partial charge in [0.25, 0.3) is 0 Å². The van der Waals surface area contributed by atoms with Crippen LogP contribution in [0.1, 0.15) is 26.7 Å². The van der Waals surface area contributed by atoms with E-state index in [0.717, 1.165) is 64.0 Å². The van der Waals surface area contributed by atoms with Crippen molar-refractivity contribution in [2.45, 2.75) is 38.9 Å². The van der Waals surface area contributed by atoms with Crippen molar-refractivity contribution in [1.29, 1.82) is 0 Å². The average molecular weight is 379 g/mol. The summed E-state index contributed by atoms with van der Waals surface area (Å²) in [7, 11) is 0. The molecule has 0 N–H and O–H groups in total. The summed E-state index contributed by atoms with van der Waals surface area (Å²) in [5, 5.41) is 0. The van der Waals surface area contributed by atoms with Gasteiger partial charge in [-0.15, -0.1) is 0 Å². The second kappa shape index (κ2) is 12.8. The van der Waals surface area contributed by atoms with Crippen LogP contribution in [0.3, 0.4) is 0 Å². The minimum atomic E-state index is 0.445. The van der Waals surface area contributed by atoms with Crippen LogP contribution in [0.25, 0.3) is 0 Å². The lowest BCUT2D eigenvalue weighted by atomic mass is 9.97. The summed E-state index contributed by atoms with van der Waals surface area (Å²) < 4.78 is 22.4. The van der Waals surface area contributed by atoms with Crippen LogP contribution in [0, 0.1) is 11.8 Å². The topological polar surface area (TPSA) is 36.9 Å². The summed E-state index contributed by atoms with van der Waals surface area (Å²) in [5.41, 5.74) is 0. The van der Waals surface area contributed by atoms with Gasteiger partial charge < -0.3 is 18.9 Å². The van der Waals surface area contributed by atoms with E-state index in [0.29, 0.717) is 24.0 Å². The first-order valence-electron chi connectivity index (χ1n) is 9.39. The average Bonchev–Trinajstić information content (AvgIpc) is 2.54. The lowest BCUT2D eigenvalue weighted by Gasteiger charge is -2.35. The highest BCUT2D eigenvalue weighted by Gasteiger charge is 2.30. The van der Waals surface area contributed by atoms with E-state index in [-0.39, 0.29) is 0 Å². The normalized spacial score (nSPS) is 29.2. The van der Waals surface area contributed by atoms with Gasteiger partial charge >= 0.3 is 0 Å². The largest absolute Gasteiger partial charge is 0.380 e. The smallest absolute Gasteiger partial charge is 0.0645 e. The standard InChI is InChI=1S/C18H34O4S2/c1-3-17-15(13-21-17)11-19-5-7-23-9-10-24-8-6-20-12-16-14-22-18(16)4-2/h15-18H,3-14H2,1-2H3. The summed E-state index contributed by atoms with van der Waals surface area (Å²) in [4.78, 5) is 0. The Kier molecular flexibility index (Phi) is 11.1. The Morgan fingerprint density at radius 1 is 0.750 bits per heavy atom. The molecule has 2 aliphatic heterocycles. The van der Waals surface area contributed by atoms with E-state index in [2.05, 4.69) is 13.8 Å². The molecule has 2 rings (SSSR count). The van der Waals surface area contributed by atoms with E-state index in [4.69, 9.17) is 18.9 Å².